The molecule has 1 saturated heterocycles. The van der Waals surface area contributed by atoms with E-state index in [-0.39, 0.29) is 0 Å². The van der Waals surface area contributed by atoms with Crippen LogP contribution in [-0.4, -0.2) is 70.4 Å². The lowest BCUT2D eigenvalue weighted by Crippen LogP contribution is -2.55. The third-order valence-electron chi connectivity index (χ3n) is 4.92. The summed E-state index contributed by atoms with van der Waals surface area (Å²) >= 11 is 0. The van der Waals surface area contributed by atoms with Crippen LogP contribution in [0.3, 0.4) is 0 Å². The molecule has 2 aromatic rings. The zero-order valence-corrected chi connectivity index (χ0v) is 15.6. The summed E-state index contributed by atoms with van der Waals surface area (Å²) < 4.78 is 5.68. The second-order valence-corrected chi connectivity index (χ2v) is 7.27. The first kappa shape index (κ1) is 19.9. The first-order chi connectivity index (χ1) is 12.9. The van der Waals surface area contributed by atoms with Crippen molar-refractivity contribution in [1.29, 1.82) is 0 Å². The first-order valence-corrected chi connectivity index (χ1v) is 9.06. The standard InChI is InChI=1S/C21H27NO5/c1-22(2)11-15-6-3-4-9-16(15)13-7-5-8-14(10-13)21-20(26)19(25)18(24)17(12-23)27-21/h3-10,17-21,23-26H,11-12H2,1-2H3/t17-,18-,19+,20+,21-/m1/s1. The van der Waals surface area contributed by atoms with Crippen molar-refractivity contribution in [2.45, 2.75) is 37.1 Å². The zero-order chi connectivity index (χ0) is 19.6. The van der Waals surface area contributed by atoms with E-state index in [4.69, 9.17) is 4.74 Å². The van der Waals surface area contributed by atoms with Crippen LogP contribution in [0.15, 0.2) is 48.5 Å². The average Bonchev–Trinajstić information content (AvgIpc) is 2.66. The quantitative estimate of drug-likeness (QED) is 0.623. The minimum absolute atomic E-state index is 0.438. The van der Waals surface area contributed by atoms with Crippen molar-refractivity contribution in [3.8, 4) is 11.1 Å². The molecule has 1 heterocycles. The van der Waals surface area contributed by atoms with E-state index < -0.39 is 37.1 Å². The fourth-order valence-electron chi connectivity index (χ4n) is 3.54. The fourth-order valence-corrected chi connectivity index (χ4v) is 3.54. The van der Waals surface area contributed by atoms with Gasteiger partial charge in [-0.05, 0) is 42.4 Å². The summed E-state index contributed by atoms with van der Waals surface area (Å²) in [5.41, 5.74) is 3.91. The second-order valence-electron chi connectivity index (χ2n) is 7.27. The first-order valence-electron chi connectivity index (χ1n) is 9.06. The van der Waals surface area contributed by atoms with E-state index in [9.17, 15) is 20.4 Å². The molecule has 6 nitrogen and oxygen atoms in total. The number of hydrogen-bond acceptors (Lipinski definition) is 6. The van der Waals surface area contributed by atoms with Crippen LogP contribution in [0, 0.1) is 0 Å². The van der Waals surface area contributed by atoms with Crippen LogP contribution in [0.2, 0.25) is 0 Å². The van der Waals surface area contributed by atoms with Gasteiger partial charge in [0, 0.05) is 6.54 Å². The third-order valence-corrected chi connectivity index (χ3v) is 4.92. The molecule has 3 rings (SSSR count). The summed E-state index contributed by atoms with van der Waals surface area (Å²) in [7, 11) is 4.03. The Morgan fingerprint density at radius 2 is 1.67 bits per heavy atom. The van der Waals surface area contributed by atoms with Gasteiger partial charge in [-0.3, -0.25) is 0 Å². The van der Waals surface area contributed by atoms with Crippen molar-refractivity contribution in [1.82, 2.24) is 4.90 Å². The zero-order valence-electron chi connectivity index (χ0n) is 15.6. The fraction of sp³-hybridized carbons (Fsp3) is 0.429. The Kier molecular flexibility index (Phi) is 6.26. The van der Waals surface area contributed by atoms with Gasteiger partial charge in [0.15, 0.2) is 0 Å². The number of ether oxygens (including phenoxy) is 1. The Labute approximate surface area is 159 Å². The van der Waals surface area contributed by atoms with E-state index in [1.54, 1.807) is 0 Å². The van der Waals surface area contributed by atoms with Crippen molar-refractivity contribution in [2.24, 2.45) is 0 Å². The molecule has 146 valence electrons. The highest BCUT2D eigenvalue weighted by molar-refractivity contribution is 5.68. The number of aliphatic hydroxyl groups excluding tert-OH is 4. The van der Waals surface area contributed by atoms with Crippen LogP contribution in [0.5, 0.6) is 0 Å². The maximum Gasteiger partial charge on any atom is 0.113 e. The molecule has 0 saturated carbocycles. The van der Waals surface area contributed by atoms with Gasteiger partial charge in [-0.2, -0.15) is 0 Å². The molecule has 0 spiro atoms. The van der Waals surface area contributed by atoms with Crippen molar-refractivity contribution >= 4 is 0 Å². The van der Waals surface area contributed by atoms with Gasteiger partial charge in [-0.15, -0.1) is 0 Å². The number of benzene rings is 2. The van der Waals surface area contributed by atoms with E-state index in [2.05, 4.69) is 11.0 Å². The molecule has 5 atom stereocenters. The highest BCUT2D eigenvalue weighted by atomic mass is 16.5. The van der Waals surface area contributed by atoms with Crippen molar-refractivity contribution in [2.75, 3.05) is 20.7 Å². The van der Waals surface area contributed by atoms with Crippen molar-refractivity contribution < 1.29 is 25.2 Å². The summed E-state index contributed by atoms with van der Waals surface area (Å²) in [6, 6.07) is 15.7. The van der Waals surface area contributed by atoms with Gasteiger partial charge >= 0.3 is 0 Å². The largest absolute Gasteiger partial charge is 0.394 e. The topological polar surface area (TPSA) is 93.4 Å². The summed E-state index contributed by atoms with van der Waals surface area (Å²) in [6.45, 7) is 0.354. The number of rotatable bonds is 5. The molecule has 1 aliphatic rings. The van der Waals surface area contributed by atoms with Crippen LogP contribution >= 0.6 is 0 Å². The minimum atomic E-state index is -1.38. The second kappa shape index (κ2) is 8.48. The molecular weight excluding hydrogens is 346 g/mol. The van der Waals surface area contributed by atoms with Gasteiger partial charge in [0.05, 0.1) is 6.61 Å². The van der Waals surface area contributed by atoms with E-state index >= 15 is 0 Å². The van der Waals surface area contributed by atoms with Crippen molar-refractivity contribution in [3.05, 3.63) is 59.7 Å². The summed E-state index contributed by atoms with van der Waals surface area (Å²) in [4.78, 5) is 2.10. The van der Waals surface area contributed by atoms with Crippen LogP contribution in [0.4, 0.5) is 0 Å². The molecule has 0 bridgehead atoms. The average molecular weight is 373 g/mol. The lowest BCUT2D eigenvalue weighted by atomic mass is 9.89. The highest BCUT2D eigenvalue weighted by Crippen LogP contribution is 2.34. The number of aliphatic hydroxyl groups is 4. The van der Waals surface area contributed by atoms with E-state index in [0.29, 0.717) is 5.56 Å². The van der Waals surface area contributed by atoms with Crippen LogP contribution in [0.1, 0.15) is 17.2 Å². The molecule has 4 N–H and O–H groups in total. The minimum Gasteiger partial charge on any atom is -0.394 e. The maximum absolute atomic E-state index is 10.4. The molecule has 27 heavy (non-hydrogen) atoms. The lowest BCUT2D eigenvalue weighted by molar-refractivity contribution is -0.231. The molecule has 0 amide bonds. The smallest absolute Gasteiger partial charge is 0.113 e. The number of hydrogen-bond donors (Lipinski definition) is 4. The highest BCUT2D eigenvalue weighted by Gasteiger charge is 2.43. The molecule has 6 heteroatoms. The molecule has 2 aromatic carbocycles. The molecule has 0 radical (unpaired) electrons. The van der Waals surface area contributed by atoms with Crippen LogP contribution in [0.25, 0.3) is 11.1 Å². The van der Waals surface area contributed by atoms with Crippen LogP contribution in [-0.2, 0) is 11.3 Å². The molecule has 0 aromatic heterocycles. The third kappa shape index (κ3) is 4.21. The van der Waals surface area contributed by atoms with Gasteiger partial charge in [0.2, 0.25) is 0 Å². The van der Waals surface area contributed by atoms with Gasteiger partial charge in [0.1, 0.15) is 30.5 Å². The normalized spacial score (nSPS) is 28.5. The van der Waals surface area contributed by atoms with Crippen molar-refractivity contribution in [3.63, 3.8) is 0 Å². The van der Waals surface area contributed by atoms with Gasteiger partial charge < -0.3 is 30.1 Å². The SMILES string of the molecule is CN(C)Cc1ccccc1-c1cccc([C@H]2O[C@H](CO)[C@@H](O)[C@H](O)[C@@H]2O)c1. The Morgan fingerprint density at radius 1 is 0.926 bits per heavy atom. The number of nitrogens with zero attached hydrogens (tertiary/aromatic N) is 1. The van der Waals surface area contributed by atoms with E-state index in [1.165, 1.54) is 5.56 Å². The predicted octanol–water partition coefficient (Wildman–Crippen LogP) is 0.930. The van der Waals surface area contributed by atoms with Gasteiger partial charge in [-0.25, -0.2) is 0 Å². The monoisotopic (exact) mass is 373 g/mol. The molecule has 0 aliphatic carbocycles. The van der Waals surface area contributed by atoms with E-state index in [0.717, 1.165) is 17.7 Å². The summed E-state index contributed by atoms with van der Waals surface area (Å²) in [6.07, 6.45) is -5.77. The maximum atomic E-state index is 10.4. The Hall–Kier alpha value is -1.80. The van der Waals surface area contributed by atoms with Gasteiger partial charge in [-0.1, -0.05) is 42.5 Å². The summed E-state index contributed by atoms with van der Waals surface area (Å²) in [5.74, 6) is 0. The molecule has 0 unspecified atom stereocenters. The Balaban J connectivity index is 1.95. The molecule has 1 aliphatic heterocycles. The van der Waals surface area contributed by atoms with Gasteiger partial charge in [0.25, 0.3) is 0 Å². The predicted molar refractivity (Wildman–Crippen MR) is 102 cm³/mol. The van der Waals surface area contributed by atoms with Crippen LogP contribution < -0.4 is 0 Å². The van der Waals surface area contributed by atoms with E-state index in [1.807, 2.05) is 56.6 Å². The molecule has 1 fully saturated rings. The lowest BCUT2D eigenvalue weighted by Gasteiger charge is -2.40. The molecular formula is C21H27NO5. The Morgan fingerprint density at radius 3 is 2.37 bits per heavy atom. The Bertz CT molecular complexity index is 764. The summed E-state index contributed by atoms with van der Waals surface area (Å²) in [5, 5.41) is 39.8.